The summed E-state index contributed by atoms with van der Waals surface area (Å²) in [4.78, 5) is 15.5. The van der Waals surface area contributed by atoms with Crippen LogP contribution in [0.1, 0.15) is 20.3 Å². The van der Waals surface area contributed by atoms with Crippen LogP contribution >= 0.6 is 0 Å². The Morgan fingerprint density at radius 2 is 2.40 bits per heavy atom. The summed E-state index contributed by atoms with van der Waals surface area (Å²) >= 11 is 0. The van der Waals surface area contributed by atoms with E-state index in [-0.39, 0.29) is 5.91 Å². The molecule has 0 saturated heterocycles. The second kappa shape index (κ2) is 6.27. The molecule has 0 aromatic carbocycles. The van der Waals surface area contributed by atoms with Gasteiger partial charge in [0.25, 0.3) is 0 Å². The van der Waals surface area contributed by atoms with Gasteiger partial charge in [-0.1, -0.05) is 13.8 Å². The van der Waals surface area contributed by atoms with Gasteiger partial charge in [-0.2, -0.15) is 0 Å². The highest BCUT2D eigenvalue weighted by Gasteiger charge is 2.05. The average molecular weight is 212 g/mol. The lowest BCUT2D eigenvalue weighted by molar-refractivity contribution is -0.121. The van der Waals surface area contributed by atoms with E-state index in [1.54, 1.807) is 0 Å². The van der Waals surface area contributed by atoms with Gasteiger partial charge in [-0.15, -0.1) is 0 Å². The maximum atomic E-state index is 11.3. The molecule has 0 aromatic heterocycles. The van der Waals surface area contributed by atoms with Crippen molar-refractivity contribution in [1.29, 1.82) is 0 Å². The molecule has 0 radical (unpaired) electrons. The van der Waals surface area contributed by atoms with Crippen LogP contribution in [0.25, 0.3) is 0 Å². The molecule has 0 aromatic rings. The molecule has 86 valence electrons. The summed E-state index contributed by atoms with van der Waals surface area (Å²) in [6.07, 6.45) is 0.493. The number of nitrogens with zero attached hydrogens (tertiary/aromatic N) is 1. The molecular formula is C10H20N4O. The zero-order valence-electron chi connectivity index (χ0n) is 9.47. The van der Waals surface area contributed by atoms with Crippen LogP contribution in [0.15, 0.2) is 4.99 Å². The molecule has 0 atom stereocenters. The first-order valence-electron chi connectivity index (χ1n) is 5.47. The molecule has 1 aliphatic heterocycles. The summed E-state index contributed by atoms with van der Waals surface area (Å²) in [6.45, 7) is 7.25. The molecule has 0 saturated carbocycles. The molecule has 5 nitrogen and oxygen atoms in total. The van der Waals surface area contributed by atoms with Crippen molar-refractivity contribution in [2.24, 2.45) is 10.9 Å². The van der Waals surface area contributed by atoms with E-state index in [9.17, 15) is 4.79 Å². The molecule has 1 aliphatic rings. The van der Waals surface area contributed by atoms with Gasteiger partial charge in [0.2, 0.25) is 5.91 Å². The van der Waals surface area contributed by atoms with Crippen LogP contribution in [0.5, 0.6) is 0 Å². The number of carbonyl (C=O) groups excluding carboxylic acids is 1. The zero-order chi connectivity index (χ0) is 11.1. The topological polar surface area (TPSA) is 65.5 Å². The van der Waals surface area contributed by atoms with Crippen molar-refractivity contribution in [1.82, 2.24) is 16.0 Å². The zero-order valence-corrected chi connectivity index (χ0v) is 9.47. The highest BCUT2D eigenvalue weighted by atomic mass is 16.1. The molecular weight excluding hydrogens is 192 g/mol. The van der Waals surface area contributed by atoms with E-state index in [2.05, 4.69) is 34.8 Å². The molecule has 0 fully saturated rings. The van der Waals surface area contributed by atoms with Gasteiger partial charge < -0.3 is 16.0 Å². The first-order valence-corrected chi connectivity index (χ1v) is 5.47. The minimum absolute atomic E-state index is 0.0924. The molecule has 0 unspecified atom stereocenters. The van der Waals surface area contributed by atoms with Gasteiger partial charge in [-0.05, 0) is 5.92 Å². The number of guanidine groups is 1. The summed E-state index contributed by atoms with van der Waals surface area (Å²) in [5, 5.41) is 9.03. The molecule has 15 heavy (non-hydrogen) atoms. The summed E-state index contributed by atoms with van der Waals surface area (Å²) in [6, 6.07) is 0. The molecule has 0 bridgehead atoms. The molecule has 1 rings (SSSR count). The molecule has 0 spiro atoms. The first kappa shape index (κ1) is 11.8. The van der Waals surface area contributed by atoms with Crippen LogP contribution < -0.4 is 16.0 Å². The fraction of sp³-hybridized carbons (Fsp3) is 0.800. The van der Waals surface area contributed by atoms with Crippen molar-refractivity contribution in [3.8, 4) is 0 Å². The molecule has 0 aliphatic carbocycles. The number of hydrogen-bond donors (Lipinski definition) is 3. The quantitative estimate of drug-likeness (QED) is 0.586. The van der Waals surface area contributed by atoms with E-state index in [4.69, 9.17) is 0 Å². The standard InChI is InChI=1S/C10H20N4O/c1-8(2)7-14-9(15)3-4-11-10-12-5-6-13-10/h8H,3-7H2,1-2H3,(H,14,15)(H2,11,12,13). The first-order chi connectivity index (χ1) is 7.18. The van der Waals surface area contributed by atoms with Gasteiger partial charge in [0, 0.05) is 26.1 Å². The third kappa shape index (κ3) is 5.24. The Bertz CT molecular complexity index is 238. The van der Waals surface area contributed by atoms with Crippen LogP contribution in [0.2, 0.25) is 0 Å². The summed E-state index contributed by atoms with van der Waals surface area (Å²) in [5.41, 5.74) is 0. The van der Waals surface area contributed by atoms with Gasteiger partial charge in [0.1, 0.15) is 0 Å². The monoisotopic (exact) mass is 212 g/mol. The maximum absolute atomic E-state index is 11.3. The largest absolute Gasteiger partial charge is 0.356 e. The average Bonchev–Trinajstić information content (AvgIpc) is 2.67. The highest BCUT2D eigenvalue weighted by molar-refractivity contribution is 5.82. The van der Waals surface area contributed by atoms with Crippen molar-refractivity contribution >= 4 is 11.9 Å². The Balaban J connectivity index is 2.01. The second-order valence-electron chi connectivity index (χ2n) is 4.03. The molecule has 3 N–H and O–H groups in total. The number of carbonyl (C=O) groups is 1. The molecule has 1 amide bonds. The number of hydrogen-bond acceptors (Lipinski definition) is 4. The Labute approximate surface area is 90.7 Å². The molecule has 1 heterocycles. The van der Waals surface area contributed by atoms with Crippen LogP contribution in [0.3, 0.4) is 0 Å². The number of nitrogens with one attached hydrogen (secondary N) is 3. The Morgan fingerprint density at radius 3 is 3.00 bits per heavy atom. The number of rotatable bonds is 5. The minimum Gasteiger partial charge on any atom is -0.356 e. The van der Waals surface area contributed by atoms with Crippen molar-refractivity contribution in [2.45, 2.75) is 20.3 Å². The van der Waals surface area contributed by atoms with Gasteiger partial charge in [-0.3, -0.25) is 9.79 Å². The van der Waals surface area contributed by atoms with E-state index < -0.39 is 0 Å². The summed E-state index contributed by atoms with van der Waals surface area (Å²) in [7, 11) is 0. The highest BCUT2D eigenvalue weighted by Crippen LogP contribution is 1.88. The summed E-state index contributed by atoms with van der Waals surface area (Å²) < 4.78 is 0. The van der Waals surface area contributed by atoms with Gasteiger partial charge >= 0.3 is 0 Å². The van der Waals surface area contributed by atoms with Crippen LogP contribution in [0, 0.1) is 5.92 Å². The van der Waals surface area contributed by atoms with Crippen LogP contribution in [-0.4, -0.2) is 38.0 Å². The van der Waals surface area contributed by atoms with E-state index >= 15 is 0 Å². The van der Waals surface area contributed by atoms with Crippen LogP contribution in [-0.2, 0) is 4.79 Å². The number of aliphatic imine (C=N–C) groups is 1. The van der Waals surface area contributed by atoms with E-state index in [0.717, 1.165) is 25.6 Å². The normalized spacial score (nSPS) is 14.7. The maximum Gasteiger partial charge on any atom is 0.221 e. The number of amides is 1. The molecule has 5 heteroatoms. The summed E-state index contributed by atoms with van der Waals surface area (Å²) in [5.74, 6) is 1.41. The third-order valence-corrected chi connectivity index (χ3v) is 2.03. The lowest BCUT2D eigenvalue weighted by atomic mass is 10.2. The predicted molar refractivity (Wildman–Crippen MR) is 60.8 cm³/mol. The Kier molecular flexibility index (Phi) is 4.93. The predicted octanol–water partition coefficient (Wildman–Crippen LogP) is -0.302. The smallest absolute Gasteiger partial charge is 0.221 e. The second-order valence-corrected chi connectivity index (χ2v) is 4.03. The Morgan fingerprint density at radius 1 is 1.60 bits per heavy atom. The van der Waals surface area contributed by atoms with Gasteiger partial charge in [-0.25, -0.2) is 0 Å². The Hall–Kier alpha value is -1.26. The van der Waals surface area contributed by atoms with Crippen molar-refractivity contribution in [3.05, 3.63) is 0 Å². The van der Waals surface area contributed by atoms with E-state index in [0.29, 0.717) is 18.9 Å². The van der Waals surface area contributed by atoms with Crippen molar-refractivity contribution < 1.29 is 4.79 Å². The lowest BCUT2D eigenvalue weighted by Gasteiger charge is -2.08. The lowest BCUT2D eigenvalue weighted by Crippen LogP contribution is -2.37. The van der Waals surface area contributed by atoms with E-state index in [1.165, 1.54) is 0 Å². The van der Waals surface area contributed by atoms with Crippen molar-refractivity contribution in [2.75, 3.05) is 26.2 Å². The third-order valence-electron chi connectivity index (χ3n) is 2.03. The fourth-order valence-corrected chi connectivity index (χ4v) is 1.22. The SMILES string of the molecule is CC(C)CNC(=O)CCNC1=NCCN1. The fourth-order valence-electron chi connectivity index (χ4n) is 1.22. The van der Waals surface area contributed by atoms with Gasteiger partial charge in [0.15, 0.2) is 5.96 Å². The van der Waals surface area contributed by atoms with E-state index in [1.807, 2.05) is 0 Å². The van der Waals surface area contributed by atoms with Crippen LogP contribution in [0.4, 0.5) is 0 Å². The minimum atomic E-state index is 0.0924. The van der Waals surface area contributed by atoms with Gasteiger partial charge in [0.05, 0.1) is 6.54 Å². The van der Waals surface area contributed by atoms with Crippen molar-refractivity contribution in [3.63, 3.8) is 0 Å².